The monoisotopic (exact) mass is 294 g/mol. The van der Waals surface area contributed by atoms with Crippen LogP contribution in [-0.2, 0) is 0 Å². The Balaban J connectivity index is 1.67. The Morgan fingerprint density at radius 2 is 2.25 bits per heavy atom. The molecule has 3 nitrogen and oxygen atoms in total. The molecule has 1 aromatic heterocycles. The van der Waals surface area contributed by atoms with E-state index < -0.39 is 0 Å². The third kappa shape index (κ3) is 4.14. The summed E-state index contributed by atoms with van der Waals surface area (Å²) in [7, 11) is 0. The lowest BCUT2D eigenvalue weighted by Gasteiger charge is -2.26. The summed E-state index contributed by atoms with van der Waals surface area (Å²) in [6, 6.07) is 4.60. The molecule has 2 heterocycles. The lowest BCUT2D eigenvalue weighted by atomic mass is 10.2. The number of Topliss-reactive ketones (excluding diaryl/α,β-unsaturated/α-hetero) is 1. The second-order valence-electron chi connectivity index (χ2n) is 5.47. The number of carbonyl (C=O) groups excluding carboxylic acids is 1. The van der Waals surface area contributed by atoms with Crippen molar-refractivity contribution in [2.24, 2.45) is 0 Å². The summed E-state index contributed by atoms with van der Waals surface area (Å²) in [5.41, 5.74) is 0. The summed E-state index contributed by atoms with van der Waals surface area (Å²) in [6.07, 6.45) is 2.95. The molecule has 1 fully saturated rings. The van der Waals surface area contributed by atoms with E-state index >= 15 is 0 Å². The molecule has 0 saturated carbocycles. The number of hydrogen-bond acceptors (Lipinski definition) is 4. The minimum Gasteiger partial charge on any atom is -0.302 e. The molecule has 0 radical (unpaired) electrons. The van der Waals surface area contributed by atoms with Gasteiger partial charge in [0.05, 0.1) is 4.88 Å². The molecule has 0 bridgehead atoms. The van der Waals surface area contributed by atoms with Crippen LogP contribution < -0.4 is 0 Å². The van der Waals surface area contributed by atoms with E-state index in [2.05, 4.69) is 23.6 Å². The van der Waals surface area contributed by atoms with E-state index in [-0.39, 0.29) is 0 Å². The maximum absolute atomic E-state index is 11.9. The Labute approximate surface area is 126 Å². The van der Waals surface area contributed by atoms with Gasteiger partial charge < -0.3 is 4.90 Å². The first-order valence-corrected chi connectivity index (χ1v) is 8.65. The van der Waals surface area contributed by atoms with Crippen LogP contribution in [-0.4, -0.2) is 54.3 Å². The van der Waals surface area contributed by atoms with Crippen molar-refractivity contribution in [1.82, 2.24) is 9.80 Å². The summed E-state index contributed by atoms with van der Waals surface area (Å²) in [5.74, 6) is 0.305. The topological polar surface area (TPSA) is 23.6 Å². The second kappa shape index (κ2) is 7.91. The van der Waals surface area contributed by atoms with Crippen LogP contribution in [0.1, 0.15) is 42.8 Å². The smallest absolute Gasteiger partial charge is 0.172 e. The van der Waals surface area contributed by atoms with Crippen LogP contribution in [0.5, 0.6) is 0 Å². The maximum atomic E-state index is 11.9. The zero-order valence-electron chi connectivity index (χ0n) is 12.7. The molecule has 112 valence electrons. The molecule has 1 aliphatic rings. The van der Waals surface area contributed by atoms with E-state index in [1.807, 2.05) is 17.5 Å². The van der Waals surface area contributed by atoms with Crippen molar-refractivity contribution < 1.29 is 4.79 Å². The number of hydrogen-bond donors (Lipinski definition) is 0. The summed E-state index contributed by atoms with van der Waals surface area (Å²) in [5, 5.41) is 1.97. The van der Waals surface area contributed by atoms with Gasteiger partial charge in [0.1, 0.15) is 0 Å². The van der Waals surface area contributed by atoms with Crippen LogP contribution in [0, 0.1) is 0 Å². The third-order valence-electron chi connectivity index (χ3n) is 4.25. The highest BCUT2D eigenvalue weighted by Gasteiger charge is 2.25. The number of ketones is 1. The van der Waals surface area contributed by atoms with E-state index in [0.717, 1.165) is 37.0 Å². The lowest BCUT2D eigenvalue weighted by molar-refractivity contribution is 0.0979. The van der Waals surface area contributed by atoms with Crippen molar-refractivity contribution in [3.8, 4) is 0 Å². The van der Waals surface area contributed by atoms with Crippen molar-refractivity contribution in [3.63, 3.8) is 0 Å². The van der Waals surface area contributed by atoms with Gasteiger partial charge in [-0.05, 0) is 50.5 Å². The van der Waals surface area contributed by atoms with Crippen molar-refractivity contribution in [1.29, 1.82) is 0 Å². The lowest BCUT2D eigenvalue weighted by Crippen LogP contribution is -2.37. The van der Waals surface area contributed by atoms with E-state index in [4.69, 9.17) is 0 Å². The molecule has 1 saturated heterocycles. The normalized spacial score (nSPS) is 19.9. The highest BCUT2D eigenvalue weighted by Crippen LogP contribution is 2.17. The molecule has 1 aliphatic heterocycles. The van der Waals surface area contributed by atoms with E-state index in [9.17, 15) is 4.79 Å². The number of rotatable bonds is 8. The Morgan fingerprint density at radius 3 is 2.90 bits per heavy atom. The largest absolute Gasteiger partial charge is 0.302 e. The average molecular weight is 294 g/mol. The maximum Gasteiger partial charge on any atom is 0.172 e. The molecule has 0 amide bonds. The van der Waals surface area contributed by atoms with Crippen molar-refractivity contribution in [2.75, 3.05) is 32.7 Å². The Morgan fingerprint density at radius 1 is 1.45 bits per heavy atom. The fourth-order valence-electron chi connectivity index (χ4n) is 3.08. The van der Waals surface area contributed by atoms with Gasteiger partial charge in [-0.3, -0.25) is 9.69 Å². The molecule has 4 heteroatoms. The standard InChI is InChI=1S/C16H26N2OS/c1-3-18(4-2)14-9-11-17(13-14)10-5-7-15(19)16-8-6-12-20-16/h6,8,12,14H,3-5,7,9-11,13H2,1-2H3. The van der Waals surface area contributed by atoms with Crippen LogP contribution in [0.15, 0.2) is 17.5 Å². The Kier molecular flexibility index (Phi) is 6.20. The van der Waals surface area contributed by atoms with E-state index in [0.29, 0.717) is 12.2 Å². The third-order valence-corrected chi connectivity index (χ3v) is 5.16. The van der Waals surface area contributed by atoms with Gasteiger partial charge in [0.25, 0.3) is 0 Å². The molecule has 0 spiro atoms. The number of nitrogens with zero attached hydrogens (tertiary/aromatic N) is 2. The molecular weight excluding hydrogens is 268 g/mol. The van der Waals surface area contributed by atoms with Crippen LogP contribution in [0.4, 0.5) is 0 Å². The molecule has 20 heavy (non-hydrogen) atoms. The molecule has 1 atom stereocenters. The second-order valence-corrected chi connectivity index (χ2v) is 6.42. The molecule has 0 N–H and O–H groups in total. The predicted octanol–water partition coefficient (Wildman–Crippen LogP) is 3.13. The number of carbonyl (C=O) groups is 1. The summed E-state index contributed by atoms with van der Waals surface area (Å²) < 4.78 is 0. The molecule has 2 rings (SSSR count). The molecule has 0 aromatic carbocycles. The summed E-state index contributed by atoms with van der Waals surface area (Å²) >= 11 is 1.55. The van der Waals surface area contributed by atoms with Crippen LogP contribution >= 0.6 is 11.3 Å². The number of thiophene rings is 1. The first kappa shape index (κ1) is 15.7. The highest BCUT2D eigenvalue weighted by molar-refractivity contribution is 7.12. The summed E-state index contributed by atoms with van der Waals surface area (Å²) in [6.45, 7) is 10.2. The highest BCUT2D eigenvalue weighted by atomic mass is 32.1. The van der Waals surface area contributed by atoms with Gasteiger partial charge in [0.2, 0.25) is 0 Å². The minimum atomic E-state index is 0.305. The quantitative estimate of drug-likeness (QED) is 0.688. The van der Waals surface area contributed by atoms with Gasteiger partial charge in [0, 0.05) is 19.0 Å². The van der Waals surface area contributed by atoms with Gasteiger partial charge in [-0.15, -0.1) is 11.3 Å². The van der Waals surface area contributed by atoms with Crippen molar-refractivity contribution in [3.05, 3.63) is 22.4 Å². The predicted molar refractivity (Wildman–Crippen MR) is 85.6 cm³/mol. The SMILES string of the molecule is CCN(CC)C1CCN(CCCC(=O)c2cccs2)C1. The molecular formula is C16H26N2OS. The van der Waals surface area contributed by atoms with Gasteiger partial charge in [-0.1, -0.05) is 19.9 Å². The number of likely N-dealkylation sites (tertiary alicyclic amines) is 1. The van der Waals surface area contributed by atoms with Crippen LogP contribution in [0.2, 0.25) is 0 Å². The van der Waals surface area contributed by atoms with Crippen molar-refractivity contribution >= 4 is 17.1 Å². The van der Waals surface area contributed by atoms with Gasteiger partial charge in [-0.25, -0.2) is 0 Å². The van der Waals surface area contributed by atoms with Gasteiger partial charge in [0.15, 0.2) is 5.78 Å². The zero-order chi connectivity index (χ0) is 14.4. The minimum absolute atomic E-state index is 0.305. The van der Waals surface area contributed by atoms with Crippen LogP contribution in [0.3, 0.4) is 0 Å². The van der Waals surface area contributed by atoms with Gasteiger partial charge in [-0.2, -0.15) is 0 Å². The fourth-order valence-corrected chi connectivity index (χ4v) is 3.77. The first-order valence-electron chi connectivity index (χ1n) is 7.77. The van der Waals surface area contributed by atoms with E-state index in [1.54, 1.807) is 11.3 Å². The zero-order valence-corrected chi connectivity index (χ0v) is 13.5. The van der Waals surface area contributed by atoms with Gasteiger partial charge >= 0.3 is 0 Å². The van der Waals surface area contributed by atoms with E-state index in [1.165, 1.54) is 19.5 Å². The molecule has 1 aromatic rings. The Bertz CT molecular complexity index is 401. The average Bonchev–Trinajstić information content (AvgIpc) is 3.11. The van der Waals surface area contributed by atoms with Crippen LogP contribution in [0.25, 0.3) is 0 Å². The Hall–Kier alpha value is -0.710. The first-order chi connectivity index (χ1) is 9.74. The molecule has 1 unspecified atom stereocenters. The van der Waals surface area contributed by atoms with Crippen molar-refractivity contribution in [2.45, 2.75) is 39.2 Å². The number of likely N-dealkylation sites (N-methyl/N-ethyl adjacent to an activating group) is 1. The summed E-state index contributed by atoms with van der Waals surface area (Å²) in [4.78, 5) is 17.9. The molecule has 0 aliphatic carbocycles. The fraction of sp³-hybridized carbons (Fsp3) is 0.688.